The summed E-state index contributed by atoms with van der Waals surface area (Å²) in [6.45, 7) is 2.66. The second-order valence-electron chi connectivity index (χ2n) is 3.52. The first-order chi connectivity index (χ1) is 5.22. The molecule has 2 unspecified atom stereocenters. The average molecular weight is 155 g/mol. The Morgan fingerprint density at radius 2 is 2.36 bits per heavy atom. The normalized spacial score (nSPS) is 43.3. The molecule has 3 nitrogen and oxygen atoms in total. The Morgan fingerprint density at radius 3 is 3.00 bits per heavy atom. The molecule has 2 rings (SSSR count). The smallest absolute Gasteiger partial charge is 0.228 e. The van der Waals surface area contributed by atoms with E-state index in [1.54, 1.807) is 0 Å². The van der Waals surface area contributed by atoms with Crippen LogP contribution in [0, 0.1) is 5.92 Å². The Morgan fingerprint density at radius 1 is 1.64 bits per heavy atom. The van der Waals surface area contributed by atoms with Gasteiger partial charge >= 0.3 is 0 Å². The number of aliphatic hydroxyl groups excluding tert-OH is 1. The fourth-order valence-corrected chi connectivity index (χ4v) is 2.16. The van der Waals surface area contributed by atoms with E-state index in [0.29, 0.717) is 0 Å². The molecule has 2 fully saturated rings. The lowest BCUT2D eigenvalue weighted by molar-refractivity contribution is -0.130. The van der Waals surface area contributed by atoms with Gasteiger partial charge in [0.25, 0.3) is 0 Å². The third-order valence-electron chi connectivity index (χ3n) is 2.88. The second kappa shape index (κ2) is 2.21. The van der Waals surface area contributed by atoms with Gasteiger partial charge in [-0.05, 0) is 12.8 Å². The molecule has 0 saturated carbocycles. The SMILES string of the molecule is CC1C(=O)N2CCC[C@H]2C1O. The molecule has 0 aromatic carbocycles. The van der Waals surface area contributed by atoms with Crippen molar-refractivity contribution in [2.24, 2.45) is 5.92 Å². The molecule has 0 bridgehead atoms. The number of carbonyl (C=O) groups excluding carboxylic acids is 1. The number of carbonyl (C=O) groups is 1. The average Bonchev–Trinajstić information content (AvgIpc) is 2.53. The van der Waals surface area contributed by atoms with Crippen LogP contribution < -0.4 is 0 Å². The minimum atomic E-state index is -0.412. The molecule has 2 aliphatic heterocycles. The van der Waals surface area contributed by atoms with E-state index in [4.69, 9.17) is 0 Å². The predicted molar refractivity (Wildman–Crippen MR) is 39.9 cm³/mol. The van der Waals surface area contributed by atoms with Crippen molar-refractivity contribution < 1.29 is 9.90 Å². The van der Waals surface area contributed by atoms with Crippen LogP contribution in [-0.2, 0) is 4.79 Å². The number of aliphatic hydroxyl groups is 1. The van der Waals surface area contributed by atoms with Crippen molar-refractivity contribution in [2.75, 3.05) is 6.54 Å². The first-order valence-corrected chi connectivity index (χ1v) is 4.20. The van der Waals surface area contributed by atoms with Crippen LogP contribution in [0.1, 0.15) is 19.8 Å². The zero-order valence-corrected chi connectivity index (χ0v) is 6.66. The topological polar surface area (TPSA) is 40.5 Å². The van der Waals surface area contributed by atoms with Crippen LogP contribution in [0.4, 0.5) is 0 Å². The van der Waals surface area contributed by atoms with E-state index in [0.717, 1.165) is 19.4 Å². The fourth-order valence-electron chi connectivity index (χ4n) is 2.16. The molecule has 0 aromatic rings. The van der Waals surface area contributed by atoms with E-state index < -0.39 is 6.10 Å². The van der Waals surface area contributed by atoms with Crippen LogP contribution in [0.2, 0.25) is 0 Å². The van der Waals surface area contributed by atoms with Gasteiger partial charge in [0, 0.05) is 6.54 Å². The Bertz CT molecular complexity index is 193. The predicted octanol–water partition coefficient (Wildman–Crippen LogP) is -0.0120. The number of rotatable bonds is 0. The summed E-state index contributed by atoms with van der Waals surface area (Å²) < 4.78 is 0. The van der Waals surface area contributed by atoms with Gasteiger partial charge in [-0.2, -0.15) is 0 Å². The molecule has 0 aromatic heterocycles. The highest BCUT2D eigenvalue weighted by molar-refractivity contribution is 5.82. The largest absolute Gasteiger partial charge is 0.390 e. The Kier molecular flexibility index (Phi) is 1.42. The van der Waals surface area contributed by atoms with Crippen molar-refractivity contribution >= 4 is 5.91 Å². The zero-order valence-electron chi connectivity index (χ0n) is 6.66. The van der Waals surface area contributed by atoms with Crippen molar-refractivity contribution in [1.82, 2.24) is 4.90 Å². The standard InChI is InChI=1S/C8H13NO2/c1-5-7(10)6-3-2-4-9(6)8(5)11/h5-7,10H,2-4H2,1H3/t5?,6-,7?/m0/s1. The lowest BCUT2D eigenvalue weighted by Gasteiger charge is -2.15. The Hall–Kier alpha value is -0.570. The van der Waals surface area contributed by atoms with E-state index in [2.05, 4.69) is 0 Å². The number of hydrogen-bond acceptors (Lipinski definition) is 2. The summed E-state index contributed by atoms with van der Waals surface area (Å²) in [5.41, 5.74) is 0. The number of amides is 1. The minimum Gasteiger partial charge on any atom is -0.390 e. The van der Waals surface area contributed by atoms with Gasteiger partial charge in [-0.25, -0.2) is 0 Å². The quantitative estimate of drug-likeness (QED) is 0.534. The van der Waals surface area contributed by atoms with Gasteiger partial charge in [-0.1, -0.05) is 6.92 Å². The minimum absolute atomic E-state index is 0.137. The van der Waals surface area contributed by atoms with E-state index in [1.807, 2.05) is 11.8 Å². The summed E-state index contributed by atoms with van der Waals surface area (Å²) in [6.07, 6.45) is 1.63. The van der Waals surface area contributed by atoms with Gasteiger partial charge in [0.15, 0.2) is 0 Å². The van der Waals surface area contributed by atoms with Crippen molar-refractivity contribution in [3.05, 3.63) is 0 Å². The maximum atomic E-state index is 11.4. The number of fused-ring (bicyclic) bond motifs is 1. The van der Waals surface area contributed by atoms with E-state index in [9.17, 15) is 9.90 Å². The molecular weight excluding hydrogens is 142 g/mol. The number of hydrogen-bond donors (Lipinski definition) is 1. The lowest BCUT2D eigenvalue weighted by atomic mass is 10.0. The summed E-state index contributed by atoms with van der Waals surface area (Å²) in [5.74, 6) is -0.0275. The summed E-state index contributed by atoms with van der Waals surface area (Å²) in [7, 11) is 0. The third-order valence-corrected chi connectivity index (χ3v) is 2.88. The van der Waals surface area contributed by atoms with Gasteiger partial charge < -0.3 is 10.0 Å². The van der Waals surface area contributed by atoms with E-state index >= 15 is 0 Å². The molecule has 2 aliphatic rings. The van der Waals surface area contributed by atoms with Crippen molar-refractivity contribution in [3.8, 4) is 0 Å². The van der Waals surface area contributed by atoms with Crippen LogP contribution in [0.15, 0.2) is 0 Å². The molecule has 0 spiro atoms. The van der Waals surface area contributed by atoms with Gasteiger partial charge in [0.1, 0.15) is 0 Å². The summed E-state index contributed by atoms with van der Waals surface area (Å²) in [5, 5.41) is 9.58. The Balaban J connectivity index is 2.23. The van der Waals surface area contributed by atoms with Crippen LogP contribution in [0.25, 0.3) is 0 Å². The molecule has 2 saturated heterocycles. The molecule has 11 heavy (non-hydrogen) atoms. The van der Waals surface area contributed by atoms with Gasteiger partial charge in [0.05, 0.1) is 18.1 Å². The highest BCUT2D eigenvalue weighted by atomic mass is 16.3. The number of nitrogens with zero attached hydrogens (tertiary/aromatic N) is 1. The fraction of sp³-hybridized carbons (Fsp3) is 0.875. The summed E-state index contributed by atoms with van der Waals surface area (Å²) in [6, 6.07) is 0.137. The van der Waals surface area contributed by atoms with Crippen LogP contribution in [0.3, 0.4) is 0 Å². The Labute approximate surface area is 66.0 Å². The third kappa shape index (κ3) is 0.805. The maximum Gasteiger partial charge on any atom is 0.228 e. The summed E-state index contributed by atoms with van der Waals surface area (Å²) >= 11 is 0. The molecule has 3 atom stereocenters. The van der Waals surface area contributed by atoms with Crippen molar-refractivity contribution in [2.45, 2.75) is 31.9 Å². The molecule has 1 N–H and O–H groups in total. The molecule has 3 heteroatoms. The molecule has 2 heterocycles. The molecule has 1 amide bonds. The molecule has 0 radical (unpaired) electrons. The van der Waals surface area contributed by atoms with E-state index in [1.165, 1.54) is 0 Å². The lowest BCUT2D eigenvalue weighted by Crippen LogP contribution is -2.30. The maximum absolute atomic E-state index is 11.4. The highest BCUT2D eigenvalue weighted by Gasteiger charge is 2.46. The zero-order chi connectivity index (χ0) is 8.01. The second-order valence-corrected chi connectivity index (χ2v) is 3.52. The van der Waals surface area contributed by atoms with Crippen LogP contribution >= 0.6 is 0 Å². The molecule has 62 valence electrons. The van der Waals surface area contributed by atoms with Crippen molar-refractivity contribution in [1.29, 1.82) is 0 Å². The van der Waals surface area contributed by atoms with Crippen molar-refractivity contribution in [3.63, 3.8) is 0 Å². The van der Waals surface area contributed by atoms with Gasteiger partial charge in [-0.15, -0.1) is 0 Å². The summed E-state index contributed by atoms with van der Waals surface area (Å²) in [4.78, 5) is 13.2. The molecular formula is C8H13NO2. The van der Waals surface area contributed by atoms with Gasteiger partial charge in [-0.3, -0.25) is 4.79 Å². The highest BCUT2D eigenvalue weighted by Crippen LogP contribution is 2.32. The van der Waals surface area contributed by atoms with Crippen LogP contribution in [0.5, 0.6) is 0 Å². The molecule has 0 aliphatic carbocycles. The first-order valence-electron chi connectivity index (χ1n) is 4.20. The van der Waals surface area contributed by atoms with Crippen LogP contribution in [-0.4, -0.2) is 34.6 Å². The van der Waals surface area contributed by atoms with Gasteiger partial charge in [0.2, 0.25) is 5.91 Å². The first kappa shape index (κ1) is 7.10. The monoisotopic (exact) mass is 155 g/mol. The van der Waals surface area contributed by atoms with E-state index in [-0.39, 0.29) is 17.9 Å².